The number of carbonyl (C=O) groups excluding carboxylic acids is 2. The van der Waals surface area contributed by atoms with Gasteiger partial charge in [-0.05, 0) is 38.5 Å². The van der Waals surface area contributed by atoms with Crippen LogP contribution < -0.4 is 0 Å². The van der Waals surface area contributed by atoms with E-state index in [-0.39, 0.29) is 36.2 Å². The maximum atomic E-state index is 12.7. The minimum absolute atomic E-state index is 0.0457. The van der Waals surface area contributed by atoms with Gasteiger partial charge in [0, 0.05) is 19.3 Å². The number of rotatable bonds is 44. The van der Waals surface area contributed by atoms with E-state index in [0.717, 1.165) is 51.4 Å². The molecule has 0 aromatic heterocycles. The summed E-state index contributed by atoms with van der Waals surface area (Å²) in [5, 5.41) is 9.63. The number of nitrogens with zero attached hydrogens (tertiary/aromatic N) is 1. The Morgan fingerprint density at radius 2 is 0.966 bits per heavy atom. The fraction of sp³-hybridized carbons (Fsp3) is 0.860. The summed E-state index contributed by atoms with van der Waals surface area (Å²) in [6, 6.07) is -0.611. The molecule has 2 unspecified atom stereocenters. The van der Waals surface area contributed by atoms with Crippen molar-refractivity contribution < 1.29 is 38.2 Å². The highest BCUT2D eigenvalue weighted by atomic mass is 16.6. The molecule has 0 aliphatic rings. The number of allylic oxidation sites excluding steroid dienone is 4. The zero-order chi connectivity index (χ0) is 42.8. The van der Waals surface area contributed by atoms with E-state index in [1.807, 2.05) is 21.1 Å². The molecule has 0 amide bonds. The molecule has 0 saturated heterocycles. The Balaban J connectivity index is 4.18. The molecule has 0 bridgehead atoms. The van der Waals surface area contributed by atoms with Crippen molar-refractivity contribution in [1.82, 2.24) is 0 Å². The molecule has 8 heteroatoms. The van der Waals surface area contributed by atoms with Crippen LogP contribution >= 0.6 is 0 Å². The number of aliphatic carboxylic acids is 1. The van der Waals surface area contributed by atoms with Gasteiger partial charge in [-0.3, -0.25) is 9.59 Å². The van der Waals surface area contributed by atoms with Crippen molar-refractivity contribution in [3.8, 4) is 0 Å². The molecule has 0 radical (unpaired) electrons. The van der Waals surface area contributed by atoms with Gasteiger partial charge in [-0.15, -0.1) is 0 Å². The standard InChI is InChI=1S/C50H93NO7/c1-6-8-10-12-14-16-18-20-21-22-23-24-25-26-27-29-30-32-34-36-38-40-48(52)57-45-46(44-56-43-42-47(50(54)55)51(3,4)5)58-49(53)41-39-37-35-33-31-28-19-17-15-13-11-9-7-2/h8,10,14,16,46-47H,6-7,9,11-13,15,17-45H2,1-5H3/p+1/b10-8+,16-14+. The Kier molecular flexibility index (Phi) is 40.0. The first-order valence-corrected chi connectivity index (χ1v) is 24.4. The van der Waals surface area contributed by atoms with Gasteiger partial charge in [-0.2, -0.15) is 0 Å². The number of esters is 2. The summed E-state index contributed by atoms with van der Waals surface area (Å²) in [7, 11) is 5.54. The molecule has 0 rings (SSSR count). The first-order chi connectivity index (χ1) is 28.1. The highest BCUT2D eigenvalue weighted by Gasteiger charge is 2.31. The van der Waals surface area contributed by atoms with Crippen molar-refractivity contribution in [2.75, 3.05) is 41.0 Å². The average Bonchev–Trinajstić information content (AvgIpc) is 3.18. The van der Waals surface area contributed by atoms with Crippen LogP contribution in [0.1, 0.15) is 226 Å². The van der Waals surface area contributed by atoms with Crippen molar-refractivity contribution in [2.24, 2.45) is 0 Å². The van der Waals surface area contributed by atoms with Crippen LogP contribution in [0.2, 0.25) is 0 Å². The van der Waals surface area contributed by atoms with Gasteiger partial charge < -0.3 is 23.8 Å². The van der Waals surface area contributed by atoms with Crippen LogP contribution in [0, 0.1) is 0 Å². The summed E-state index contributed by atoms with van der Waals surface area (Å²) in [4.78, 5) is 37.1. The van der Waals surface area contributed by atoms with E-state index in [1.165, 1.54) is 141 Å². The number of carbonyl (C=O) groups is 3. The van der Waals surface area contributed by atoms with Crippen LogP contribution in [0.4, 0.5) is 0 Å². The number of hydrogen-bond donors (Lipinski definition) is 1. The quantitative estimate of drug-likeness (QED) is 0.0283. The van der Waals surface area contributed by atoms with E-state index < -0.39 is 18.1 Å². The van der Waals surface area contributed by atoms with Crippen molar-refractivity contribution in [2.45, 2.75) is 238 Å². The highest BCUT2D eigenvalue weighted by molar-refractivity contribution is 5.72. The lowest BCUT2D eigenvalue weighted by molar-refractivity contribution is -0.887. The molecule has 0 spiro atoms. The molecule has 340 valence electrons. The predicted molar refractivity (Wildman–Crippen MR) is 243 cm³/mol. The highest BCUT2D eigenvalue weighted by Crippen LogP contribution is 2.16. The molecule has 0 aliphatic carbocycles. The summed E-state index contributed by atoms with van der Waals surface area (Å²) in [6.07, 6.45) is 46.5. The molecule has 2 atom stereocenters. The van der Waals surface area contributed by atoms with Crippen LogP contribution in [-0.4, -0.2) is 80.6 Å². The van der Waals surface area contributed by atoms with Crippen molar-refractivity contribution in [1.29, 1.82) is 0 Å². The molecule has 0 saturated carbocycles. The number of unbranched alkanes of at least 4 members (excludes halogenated alkanes) is 26. The van der Waals surface area contributed by atoms with Gasteiger partial charge in [0.2, 0.25) is 0 Å². The van der Waals surface area contributed by atoms with Gasteiger partial charge in [0.25, 0.3) is 0 Å². The van der Waals surface area contributed by atoms with Gasteiger partial charge in [0.15, 0.2) is 12.1 Å². The van der Waals surface area contributed by atoms with Crippen molar-refractivity contribution >= 4 is 17.9 Å². The maximum Gasteiger partial charge on any atom is 0.362 e. The number of carboxylic acid groups (broad SMARTS) is 1. The number of quaternary nitrogens is 1. The SMILES string of the molecule is CC/C=C/C/C=C/CCCCCCCCCCCCCCCCC(=O)OCC(COCCC(C(=O)O)[N+](C)(C)C)OC(=O)CCCCCCCCCCCCCCC. The second-order valence-corrected chi connectivity index (χ2v) is 17.7. The van der Waals surface area contributed by atoms with E-state index >= 15 is 0 Å². The molecule has 1 N–H and O–H groups in total. The molecule has 0 aromatic carbocycles. The zero-order valence-corrected chi connectivity index (χ0v) is 38.8. The Morgan fingerprint density at radius 3 is 1.41 bits per heavy atom. The van der Waals surface area contributed by atoms with Crippen LogP contribution in [0.15, 0.2) is 24.3 Å². The molecule has 8 nitrogen and oxygen atoms in total. The average molecular weight is 821 g/mol. The lowest BCUT2D eigenvalue weighted by atomic mass is 10.0. The molecule has 0 aromatic rings. The second kappa shape index (κ2) is 41.5. The van der Waals surface area contributed by atoms with Crippen molar-refractivity contribution in [3.05, 3.63) is 24.3 Å². The van der Waals surface area contributed by atoms with Gasteiger partial charge >= 0.3 is 17.9 Å². The normalized spacial score (nSPS) is 13.1. The monoisotopic (exact) mass is 821 g/mol. The predicted octanol–water partition coefficient (Wildman–Crippen LogP) is 13.6. The van der Waals surface area contributed by atoms with Gasteiger partial charge in [0.1, 0.15) is 6.61 Å². The van der Waals surface area contributed by atoms with Crippen LogP contribution in [0.25, 0.3) is 0 Å². The maximum absolute atomic E-state index is 12.7. The molecule has 58 heavy (non-hydrogen) atoms. The lowest BCUT2D eigenvalue weighted by Gasteiger charge is -2.31. The van der Waals surface area contributed by atoms with Crippen LogP contribution in [-0.2, 0) is 28.6 Å². The van der Waals surface area contributed by atoms with E-state index in [4.69, 9.17) is 14.2 Å². The Hall–Kier alpha value is -2.19. The van der Waals surface area contributed by atoms with E-state index in [2.05, 4.69) is 38.2 Å². The Morgan fingerprint density at radius 1 is 0.534 bits per heavy atom. The number of ether oxygens (including phenoxy) is 3. The second-order valence-electron chi connectivity index (χ2n) is 17.7. The van der Waals surface area contributed by atoms with Gasteiger partial charge in [0.05, 0.1) is 34.4 Å². The van der Waals surface area contributed by atoms with E-state index in [1.54, 1.807) is 0 Å². The zero-order valence-electron chi connectivity index (χ0n) is 38.8. The van der Waals surface area contributed by atoms with Crippen LogP contribution in [0.3, 0.4) is 0 Å². The minimum Gasteiger partial charge on any atom is -0.477 e. The smallest absolute Gasteiger partial charge is 0.362 e. The van der Waals surface area contributed by atoms with E-state index in [9.17, 15) is 19.5 Å². The first kappa shape index (κ1) is 55.8. The molecule has 0 fully saturated rings. The minimum atomic E-state index is -0.872. The topological polar surface area (TPSA) is 99.1 Å². The summed E-state index contributed by atoms with van der Waals surface area (Å²) >= 11 is 0. The molecular formula is C50H94NO7+. The third-order valence-electron chi connectivity index (χ3n) is 11.1. The van der Waals surface area contributed by atoms with Crippen LogP contribution in [0.5, 0.6) is 0 Å². The summed E-state index contributed by atoms with van der Waals surface area (Å²) in [5.74, 6) is -1.45. The third kappa shape index (κ3) is 39.3. The van der Waals surface area contributed by atoms with Gasteiger partial charge in [-0.1, -0.05) is 192 Å². The summed E-state index contributed by atoms with van der Waals surface area (Å²) in [5.41, 5.74) is 0. The lowest BCUT2D eigenvalue weighted by Crippen LogP contribution is -2.50. The molecule has 0 heterocycles. The first-order valence-electron chi connectivity index (χ1n) is 24.4. The largest absolute Gasteiger partial charge is 0.477 e. The molecule has 0 aliphatic heterocycles. The number of likely N-dealkylation sites (N-methyl/N-ethyl adjacent to an activating group) is 1. The Labute approximate surface area is 358 Å². The fourth-order valence-electron chi connectivity index (χ4n) is 7.37. The number of carboxylic acids is 1. The van der Waals surface area contributed by atoms with Crippen molar-refractivity contribution in [3.63, 3.8) is 0 Å². The molecular weight excluding hydrogens is 727 g/mol. The Bertz CT molecular complexity index is 1000. The summed E-state index contributed by atoms with van der Waals surface area (Å²) < 4.78 is 17.3. The third-order valence-corrected chi connectivity index (χ3v) is 11.1. The number of hydrogen-bond acceptors (Lipinski definition) is 6. The summed E-state index contributed by atoms with van der Waals surface area (Å²) in [6.45, 7) is 4.66. The van der Waals surface area contributed by atoms with Gasteiger partial charge in [-0.25, -0.2) is 4.79 Å². The fourth-order valence-corrected chi connectivity index (χ4v) is 7.37. The van der Waals surface area contributed by atoms with E-state index in [0.29, 0.717) is 19.3 Å².